The summed E-state index contributed by atoms with van der Waals surface area (Å²) < 4.78 is 0. The Hall–Kier alpha value is -0.160. The molecule has 1 atom stereocenters. The summed E-state index contributed by atoms with van der Waals surface area (Å²) in [5.41, 5.74) is 6.58. The molecule has 0 aromatic carbocycles. The van der Waals surface area contributed by atoms with Crippen molar-refractivity contribution in [2.75, 3.05) is 46.3 Å². The molecule has 1 unspecified atom stereocenters. The lowest BCUT2D eigenvalue weighted by Gasteiger charge is -2.54. The zero-order chi connectivity index (χ0) is 12.3. The number of nitrogens with two attached hydrogens (primary N) is 1. The van der Waals surface area contributed by atoms with Crippen LogP contribution in [0, 0.1) is 5.41 Å². The maximum Gasteiger partial charge on any atom is 0.0542 e. The first kappa shape index (κ1) is 13.3. The van der Waals surface area contributed by atoms with Gasteiger partial charge >= 0.3 is 0 Å². The molecule has 0 aliphatic carbocycles. The van der Waals surface area contributed by atoms with Crippen molar-refractivity contribution < 1.29 is 0 Å². The molecule has 0 aromatic heterocycles. The molecule has 0 saturated carbocycles. The van der Waals surface area contributed by atoms with Crippen molar-refractivity contribution in [1.29, 1.82) is 0 Å². The molecule has 0 amide bonds. The highest BCUT2D eigenvalue weighted by Gasteiger charge is 2.44. The van der Waals surface area contributed by atoms with Crippen LogP contribution in [0.4, 0.5) is 0 Å². The predicted molar refractivity (Wildman–Crippen MR) is 71.9 cm³/mol. The molecule has 4 heteroatoms. The number of nitrogens with one attached hydrogen (secondary N) is 1. The number of piperidine rings is 1. The third-order valence-electron chi connectivity index (χ3n) is 4.45. The molecule has 1 spiro atoms. The van der Waals surface area contributed by atoms with Gasteiger partial charge in [0, 0.05) is 26.2 Å². The van der Waals surface area contributed by atoms with E-state index < -0.39 is 0 Å². The number of nitrogens with zero attached hydrogens (tertiary/aromatic N) is 2. The molecule has 4 nitrogen and oxygen atoms in total. The van der Waals surface area contributed by atoms with Crippen LogP contribution >= 0.6 is 0 Å². The Morgan fingerprint density at radius 1 is 1.29 bits per heavy atom. The molecule has 2 saturated heterocycles. The predicted octanol–water partition coefficient (Wildman–Crippen LogP) is 0.298. The standard InChI is InChI=1S/C13H28N4/c1-12(14)17-8-4-13(5-9-17)10-16(11-13)7-3-6-15-2/h12,15H,3-11,14H2,1-2H3. The quantitative estimate of drug-likeness (QED) is 0.679. The Morgan fingerprint density at radius 2 is 1.94 bits per heavy atom. The van der Waals surface area contributed by atoms with Crippen LogP contribution in [0.1, 0.15) is 26.2 Å². The van der Waals surface area contributed by atoms with Crippen LogP contribution in [0.15, 0.2) is 0 Å². The first-order valence-corrected chi connectivity index (χ1v) is 7.02. The van der Waals surface area contributed by atoms with Crippen molar-refractivity contribution >= 4 is 0 Å². The van der Waals surface area contributed by atoms with E-state index in [2.05, 4.69) is 22.0 Å². The van der Waals surface area contributed by atoms with Gasteiger partial charge in [0.2, 0.25) is 0 Å². The highest BCUT2D eigenvalue weighted by molar-refractivity contribution is 4.98. The second-order valence-corrected chi connectivity index (χ2v) is 5.94. The van der Waals surface area contributed by atoms with Crippen LogP contribution in [0.25, 0.3) is 0 Å². The fraction of sp³-hybridized carbons (Fsp3) is 1.00. The largest absolute Gasteiger partial charge is 0.320 e. The van der Waals surface area contributed by atoms with Crippen molar-refractivity contribution in [1.82, 2.24) is 15.1 Å². The molecule has 100 valence electrons. The van der Waals surface area contributed by atoms with Crippen LogP contribution in [0.3, 0.4) is 0 Å². The van der Waals surface area contributed by atoms with Gasteiger partial charge in [-0.2, -0.15) is 0 Å². The molecule has 17 heavy (non-hydrogen) atoms. The van der Waals surface area contributed by atoms with Crippen LogP contribution in [-0.2, 0) is 0 Å². The van der Waals surface area contributed by atoms with E-state index in [4.69, 9.17) is 5.73 Å². The fourth-order valence-corrected chi connectivity index (χ4v) is 3.26. The van der Waals surface area contributed by atoms with Gasteiger partial charge < -0.3 is 16.0 Å². The van der Waals surface area contributed by atoms with E-state index in [1.807, 2.05) is 7.05 Å². The molecule has 2 rings (SSSR count). The smallest absolute Gasteiger partial charge is 0.0542 e. The van der Waals surface area contributed by atoms with E-state index in [0.717, 1.165) is 6.54 Å². The summed E-state index contributed by atoms with van der Waals surface area (Å²) >= 11 is 0. The molecule has 2 aliphatic rings. The van der Waals surface area contributed by atoms with Gasteiger partial charge in [-0.05, 0) is 51.7 Å². The van der Waals surface area contributed by atoms with Gasteiger partial charge in [0.15, 0.2) is 0 Å². The molecule has 0 aromatic rings. The molecule has 3 N–H and O–H groups in total. The topological polar surface area (TPSA) is 44.5 Å². The second kappa shape index (κ2) is 5.65. The number of hydrogen-bond donors (Lipinski definition) is 2. The summed E-state index contributed by atoms with van der Waals surface area (Å²) in [4.78, 5) is 5.02. The molecular formula is C13H28N4. The number of rotatable bonds is 5. The zero-order valence-electron chi connectivity index (χ0n) is 11.4. The molecular weight excluding hydrogens is 212 g/mol. The van der Waals surface area contributed by atoms with E-state index in [9.17, 15) is 0 Å². The Morgan fingerprint density at radius 3 is 2.47 bits per heavy atom. The first-order chi connectivity index (χ1) is 8.15. The molecule has 2 heterocycles. The Labute approximate surface area is 106 Å². The van der Waals surface area contributed by atoms with E-state index in [-0.39, 0.29) is 6.17 Å². The van der Waals surface area contributed by atoms with Gasteiger partial charge in [-0.1, -0.05) is 0 Å². The van der Waals surface area contributed by atoms with E-state index >= 15 is 0 Å². The summed E-state index contributed by atoms with van der Waals surface area (Å²) in [7, 11) is 2.03. The second-order valence-electron chi connectivity index (χ2n) is 5.94. The van der Waals surface area contributed by atoms with Gasteiger partial charge in [-0.25, -0.2) is 0 Å². The van der Waals surface area contributed by atoms with E-state index in [1.165, 1.54) is 52.0 Å². The minimum absolute atomic E-state index is 0.235. The normalized spacial score (nSPS) is 27.0. The third-order valence-corrected chi connectivity index (χ3v) is 4.45. The minimum Gasteiger partial charge on any atom is -0.320 e. The van der Waals surface area contributed by atoms with Crippen molar-refractivity contribution in [2.45, 2.75) is 32.4 Å². The van der Waals surface area contributed by atoms with Crippen molar-refractivity contribution in [2.24, 2.45) is 11.1 Å². The van der Waals surface area contributed by atoms with E-state index in [0.29, 0.717) is 5.41 Å². The lowest BCUT2D eigenvalue weighted by Crippen LogP contribution is -2.61. The summed E-state index contributed by atoms with van der Waals surface area (Å²) in [6.45, 7) is 9.54. The van der Waals surface area contributed by atoms with E-state index in [1.54, 1.807) is 0 Å². The molecule has 0 bridgehead atoms. The van der Waals surface area contributed by atoms with Gasteiger partial charge in [0.1, 0.15) is 0 Å². The fourth-order valence-electron chi connectivity index (χ4n) is 3.26. The Kier molecular flexibility index (Phi) is 4.42. The highest BCUT2D eigenvalue weighted by Crippen LogP contribution is 2.40. The highest BCUT2D eigenvalue weighted by atomic mass is 15.3. The van der Waals surface area contributed by atoms with Crippen LogP contribution in [0.2, 0.25) is 0 Å². The van der Waals surface area contributed by atoms with Crippen molar-refractivity contribution in [3.63, 3.8) is 0 Å². The number of hydrogen-bond acceptors (Lipinski definition) is 4. The summed E-state index contributed by atoms with van der Waals surface area (Å²) in [6, 6.07) is 0. The van der Waals surface area contributed by atoms with Crippen LogP contribution in [0.5, 0.6) is 0 Å². The number of likely N-dealkylation sites (tertiary alicyclic amines) is 2. The molecule has 2 aliphatic heterocycles. The first-order valence-electron chi connectivity index (χ1n) is 7.02. The Balaban J connectivity index is 1.65. The average Bonchev–Trinajstić information content (AvgIpc) is 2.27. The SMILES string of the molecule is CNCCCN1CC2(CCN(C(C)N)CC2)C1. The monoisotopic (exact) mass is 240 g/mol. The van der Waals surface area contributed by atoms with Gasteiger partial charge in [0.25, 0.3) is 0 Å². The maximum atomic E-state index is 5.93. The van der Waals surface area contributed by atoms with Crippen LogP contribution < -0.4 is 11.1 Å². The van der Waals surface area contributed by atoms with Gasteiger partial charge in [-0.3, -0.25) is 4.90 Å². The van der Waals surface area contributed by atoms with Gasteiger partial charge in [-0.15, -0.1) is 0 Å². The van der Waals surface area contributed by atoms with Gasteiger partial charge in [0.05, 0.1) is 6.17 Å². The lowest BCUT2D eigenvalue weighted by atomic mass is 9.72. The average molecular weight is 240 g/mol. The summed E-state index contributed by atoms with van der Waals surface area (Å²) in [5.74, 6) is 0. The minimum atomic E-state index is 0.235. The maximum absolute atomic E-state index is 5.93. The van der Waals surface area contributed by atoms with Crippen molar-refractivity contribution in [3.8, 4) is 0 Å². The molecule has 2 fully saturated rings. The third kappa shape index (κ3) is 3.19. The Bertz CT molecular complexity index is 226. The molecule has 0 radical (unpaired) electrons. The van der Waals surface area contributed by atoms with Crippen LogP contribution in [-0.4, -0.2) is 62.3 Å². The summed E-state index contributed by atoms with van der Waals surface area (Å²) in [5, 5.41) is 3.21. The summed E-state index contributed by atoms with van der Waals surface area (Å²) in [6.07, 6.45) is 4.20. The van der Waals surface area contributed by atoms with Crippen molar-refractivity contribution in [3.05, 3.63) is 0 Å². The lowest BCUT2D eigenvalue weighted by molar-refractivity contribution is -0.0520. The zero-order valence-corrected chi connectivity index (χ0v) is 11.4.